The lowest BCUT2D eigenvalue weighted by atomic mass is 9.87. The summed E-state index contributed by atoms with van der Waals surface area (Å²) in [5, 5.41) is 4.94. The van der Waals surface area contributed by atoms with Crippen LogP contribution in [0.3, 0.4) is 0 Å². The Balaban J connectivity index is 1.74. The molecular formula is C25H26N4O5S. The van der Waals surface area contributed by atoms with E-state index in [1.807, 2.05) is 26.8 Å². The topological polar surface area (TPSA) is 112 Å². The van der Waals surface area contributed by atoms with Gasteiger partial charge < -0.3 is 9.47 Å². The standard InChI is InChI=1S/C25H26N4O5S/c1-25(2,3)16-7-11-20(33-4)22(15-16)35(31,32)28-24(30)18-9-8-17-19(29-14-6-13-26-29)10-12-21(34-5)23(17)27-18/h6-15H,1-5H3,(H,28,30). The normalized spacial score (nSPS) is 11.9. The Labute approximate surface area is 203 Å². The molecule has 10 heteroatoms. The molecule has 0 saturated heterocycles. The zero-order valence-corrected chi connectivity index (χ0v) is 20.9. The Morgan fingerprint density at radius 3 is 2.34 bits per heavy atom. The number of nitrogens with zero attached hydrogens (tertiary/aromatic N) is 3. The minimum atomic E-state index is -4.26. The molecule has 9 nitrogen and oxygen atoms in total. The first-order valence-electron chi connectivity index (χ1n) is 10.8. The van der Waals surface area contributed by atoms with Crippen LogP contribution in [-0.4, -0.2) is 43.3 Å². The lowest BCUT2D eigenvalue weighted by molar-refractivity contribution is 0.0977. The van der Waals surface area contributed by atoms with Gasteiger partial charge in [-0.3, -0.25) is 4.79 Å². The second-order valence-electron chi connectivity index (χ2n) is 8.88. The number of hydrogen-bond donors (Lipinski definition) is 1. The second-order valence-corrected chi connectivity index (χ2v) is 10.5. The number of rotatable bonds is 6. The molecule has 0 radical (unpaired) electrons. The summed E-state index contributed by atoms with van der Waals surface area (Å²) >= 11 is 0. The highest BCUT2D eigenvalue weighted by molar-refractivity contribution is 7.90. The number of hydrogen-bond acceptors (Lipinski definition) is 7. The number of pyridine rings is 1. The van der Waals surface area contributed by atoms with Gasteiger partial charge in [-0.2, -0.15) is 5.10 Å². The van der Waals surface area contributed by atoms with E-state index in [9.17, 15) is 13.2 Å². The maximum absolute atomic E-state index is 13.2. The number of fused-ring (bicyclic) bond motifs is 1. The molecule has 0 atom stereocenters. The third-order valence-corrected chi connectivity index (χ3v) is 6.90. The molecule has 0 bridgehead atoms. The van der Waals surface area contributed by atoms with Gasteiger partial charge in [-0.05, 0) is 53.4 Å². The predicted octanol–water partition coefficient (Wildman–Crippen LogP) is 3.85. The minimum absolute atomic E-state index is 0.0806. The average Bonchev–Trinajstić information content (AvgIpc) is 3.36. The van der Waals surface area contributed by atoms with Gasteiger partial charge in [0, 0.05) is 17.8 Å². The van der Waals surface area contributed by atoms with Gasteiger partial charge in [0.15, 0.2) is 0 Å². The van der Waals surface area contributed by atoms with E-state index in [1.165, 1.54) is 26.4 Å². The summed E-state index contributed by atoms with van der Waals surface area (Å²) in [6.45, 7) is 5.90. The summed E-state index contributed by atoms with van der Waals surface area (Å²) in [4.78, 5) is 17.3. The SMILES string of the molecule is COc1ccc(C(C)(C)C)cc1S(=O)(=O)NC(=O)c1ccc2c(-n3cccn3)ccc(OC)c2n1. The van der Waals surface area contributed by atoms with Crippen LogP contribution in [0.15, 0.2) is 65.8 Å². The molecule has 0 saturated carbocycles. The molecule has 0 spiro atoms. The predicted molar refractivity (Wildman–Crippen MR) is 132 cm³/mol. The molecule has 2 aromatic carbocycles. The number of aromatic nitrogens is 3. The highest BCUT2D eigenvalue weighted by Gasteiger charge is 2.26. The van der Waals surface area contributed by atoms with Crippen LogP contribution in [0.25, 0.3) is 16.6 Å². The molecule has 2 aromatic heterocycles. The molecule has 4 aromatic rings. The van der Waals surface area contributed by atoms with Gasteiger partial charge in [0.2, 0.25) is 0 Å². The maximum atomic E-state index is 13.2. The van der Waals surface area contributed by atoms with Crippen LogP contribution >= 0.6 is 0 Å². The van der Waals surface area contributed by atoms with Crippen molar-refractivity contribution < 1.29 is 22.7 Å². The monoisotopic (exact) mass is 494 g/mol. The smallest absolute Gasteiger partial charge is 0.283 e. The van der Waals surface area contributed by atoms with E-state index in [-0.39, 0.29) is 21.8 Å². The number of sulfonamides is 1. The summed E-state index contributed by atoms with van der Waals surface area (Å²) in [6.07, 6.45) is 3.44. The first-order chi connectivity index (χ1) is 16.5. The first-order valence-corrected chi connectivity index (χ1v) is 12.3. The molecule has 0 aliphatic rings. The van der Waals surface area contributed by atoms with Crippen molar-refractivity contribution in [3.05, 3.63) is 72.2 Å². The van der Waals surface area contributed by atoms with Crippen LogP contribution in [0.4, 0.5) is 0 Å². The zero-order valence-electron chi connectivity index (χ0n) is 20.1. The van der Waals surface area contributed by atoms with Crippen molar-refractivity contribution in [3.63, 3.8) is 0 Å². The molecule has 0 unspecified atom stereocenters. The number of ether oxygens (including phenoxy) is 2. The average molecular weight is 495 g/mol. The van der Waals surface area contributed by atoms with Gasteiger partial charge in [0.25, 0.3) is 15.9 Å². The van der Waals surface area contributed by atoms with E-state index in [0.717, 1.165) is 11.3 Å². The van der Waals surface area contributed by atoms with Crippen molar-refractivity contribution in [2.45, 2.75) is 31.1 Å². The lowest BCUT2D eigenvalue weighted by Gasteiger charge is -2.21. The van der Waals surface area contributed by atoms with E-state index >= 15 is 0 Å². The molecular weight excluding hydrogens is 468 g/mol. The van der Waals surface area contributed by atoms with Crippen molar-refractivity contribution >= 4 is 26.8 Å². The van der Waals surface area contributed by atoms with Gasteiger partial charge in [-0.1, -0.05) is 26.8 Å². The fourth-order valence-corrected chi connectivity index (χ4v) is 4.82. The number of carbonyl (C=O) groups is 1. The van der Waals surface area contributed by atoms with Gasteiger partial charge in [0.1, 0.15) is 27.6 Å². The number of nitrogens with one attached hydrogen (secondary N) is 1. The molecule has 0 aliphatic heterocycles. The highest BCUT2D eigenvalue weighted by Crippen LogP contribution is 2.32. The summed E-state index contributed by atoms with van der Waals surface area (Å²) in [7, 11) is -1.38. The van der Waals surface area contributed by atoms with Gasteiger partial charge >= 0.3 is 0 Å². The van der Waals surface area contributed by atoms with Crippen LogP contribution in [0.1, 0.15) is 36.8 Å². The summed E-state index contributed by atoms with van der Waals surface area (Å²) < 4.78 is 40.9. The number of benzene rings is 2. The minimum Gasteiger partial charge on any atom is -0.495 e. The van der Waals surface area contributed by atoms with Crippen LogP contribution in [0.5, 0.6) is 11.5 Å². The number of amides is 1. The maximum Gasteiger partial charge on any atom is 0.283 e. The molecule has 2 heterocycles. The zero-order chi connectivity index (χ0) is 25.4. The Morgan fingerprint density at radius 1 is 1.00 bits per heavy atom. The fraction of sp³-hybridized carbons (Fsp3) is 0.240. The third-order valence-electron chi connectivity index (χ3n) is 5.55. The molecule has 1 N–H and O–H groups in total. The van der Waals surface area contributed by atoms with Crippen molar-refractivity contribution in [2.24, 2.45) is 0 Å². The second kappa shape index (κ2) is 9.03. The molecule has 182 valence electrons. The van der Waals surface area contributed by atoms with E-state index in [4.69, 9.17) is 9.47 Å². The quantitative estimate of drug-likeness (QED) is 0.433. The Hall–Kier alpha value is -3.92. The highest BCUT2D eigenvalue weighted by atomic mass is 32.2. The van der Waals surface area contributed by atoms with E-state index in [1.54, 1.807) is 47.4 Å². The van der Waals surface area contributed by atoms with Crippen LogP contribution < -0.4 is 14.2 Å². The Kier molecular flexibility index (Phi) is 6.25. The summed E-state index contributed by atoms with van der Waals surface area (Å²) in [5.74, 6) is -0.301. The summed E-state index contributed by atoms with van der Waals surface area (Å²) in [6, 6.07) is 13.4. The van der Waals surface area contributed by atoms with Crippen molar-refractivity contribution in [1.82, 2.24) is 19.5 Å². The number of methoxy groups -OCH3 is 2. The molecule has 0 aliphatic carbocycles. The molecule has 0 fully saturated rings. The van der Waals surface area contributed by atoms with Gasteiger partial charge in [-0.25, -0.2) is 22.8 Å². The van der Waals surface area contributed by atoms with Crippen molar-refractivity contribution in [1.29, 1.82) is 0 Å². The Morgan fingerprint density at radius 2 is 1.71 bits per heavy atom. The number of carbonyl (C=O) groups excluding carboxylic acids is 1. The van der Waals surface area contributed by atoms with Crippen LogP contribution in [0, 0.1) is 0 Å². The third kappa shape index (κ3) is 4.69. The largest absolute Gasteiger partial charge is 0.495 e. The van der Waals surface area contributed by atoms with Crippen LogP contribution in [-0.2, 0) is 15.4 Å². The fourth-order valence-electron chi connectivity index (χ4n) is 3.66. The lowest BCUT2D eigenvalue weighted by Crippen LogP contribution is -2.31. The molecule has 1 amide bonds. The van der Waals surface area contributed by atoms with Crippen molar-refractivity contribution in [2.75, 3.05) is 14.2 Å². The van der Waals surface area contributed by atoms with E-state index < -0.39 is 15.9 Å². The van der Waals surface area contributed by atoms with E-state index in [0.29, 0.717) is 16.7 Å². The Bertz CT molecular complexity index is 1510. The van der Waals surface area contributed by atoms with Gasteiger partial charge in [0.05, 0.1) is 19.9 Å². The summed E-state index contributed by atoms with van der Waals surface area (Å²) in [5.41, 5.74) is 1.54. The van der Waals surface area contributed by atoms with Crippen molar-refractivity contribution in [3.8, 4) is 17.2 Å². The molecule has 4 rings (SSSR count). The molecule has 35 heavy (non-hydrogen) atoms. The first kappa shape index (κ1) is 24.2. The van der Waals surface area contributed by atoms with E-state index in [2.05, 4.69) is 14.8 Å². The van der Waals surface area contributed by atoms with Crippen LogP contribution in [0.2, 0.25) is 0 Å². The van der Waals surface area contributed by atoms with Gasteiger partial charge in [-0.15, -0.1) is 0 Å².